The van der Waals surface area contributed by atoms with Crippen molar-refractivity contribution in [3.8, 4) is 0 Å². The predicted molar refractivity (Wildman–Crippen MR) is 76.3 cm³/mol. The van der Waals surface area contributed by atoms with Gasteiger partial charge in [-0.2, -0.15) is 0 Å². The largest absolute Gasteiger partial charge is 0.295 e. The fourth-order valence-electron chi connectivity index (χ4n) is 2.38. The molecular weight excluding hydrogens is 220 g/mol. The molecule has 0 bridgehead atoms. The van der Waals surface area contributed by atoms with E-state index in [9.17, 15) is 4.79 Å². The Labute approximate surface area is 109 Å². The minimum absolute atomic E-state index is 0.0960. The van der Waals surface area contributed by atoms with Crippen molar-refractivity contribution >= 4 is 11.9 Å². The minimum atomic E-state index is 0.0960. The molecule has 0 fully saturated rings. The van der Waals surface area contributed by atoms with Gasteiger partial charge in [0.25, 0.3) is 0 Å². The molecule has 0 spiro atoms. The summed E-state index contributed by atoms with van der Waals surface area (Å²) in [7, 11) is 0. The van der Waals surface area contributed by atoms with E-state index in [1.54, 1.807) is 6.08 Å². The second-order valence-corrected chi connectivity index (χ2v) is 5.95. The molecule has 0 atom stereocenters. The first-order valence-electron chi connectivity index (χ1n) is 6.43. The molecule has 1 nitrogen and oxygen atoms in total. The molecule has 1 aromatic carbocycles. The third kappa shape index (κ3) is 3.43. The lowest BCUT2D eigenvalue weighted by Gasteiger charge is -2.27. The molecule has 0 N–H and O–H groups in total. The lowest BCUT2D eigenvalue weighted by atomic mass is 9.77. The van der Waals surface area contributed by atoms with Crippen molar-refractivity contribution in [2.45, 2.75) is 33.6 Å². The molecule has 0 amide bonds. The molecule has 0 aliphatic heterocycles. The van der Waals surface area contributed by atoms with Crippen LogP contribution in [0, 0.1) is 12.3 Å². The topological polar surface area (TPSA) is 17.1 Å². The average Bonchev–Trinajstić information content (AvgIpc) is 2.25. The third-order valence-corrected chi connectivity index (χ3v) is 3.25. The Hall–Kier alpha value is -1.63. The summed E-state index contributed by atoms with van der Waals surface area (Å²) in [6.07, 6.45) is 7.58. The molecule has 1 aliphatic rings. The highest BCUT2D eigenvalue weighted by atomic mass is 16.1. The second kappa shape index (κ2) is 4.93. The normalized spacial score (nSPS) is 19.1. The molecule has 0 unspecified atom stereocenters. The van der Waals surface area contributed by atoms with Gasteiger partial charge < -0.3 is 0 Å². The van der Waals surface area contributed by atoms with Crippen LogP contribution in [-0.2, 0) is 4.79 Å². The maximum atomic E-state index is 11.6. The molecule has 0 saturated carbocycles. The van der Waals surface area contributed by atoms with Gasteiger partial charge in [-0.1, -0.05) is 55.8 Å². The van der Waals surface area contributed by atoms with E-state index in [1.165, 1.54) is 11.1 Å². The molecule has 0 aromatic heterocycles. The Morgan fingerprint density at radius 3 is 2.33 bits per heavy atom. The van der Waals surface area contributed by atoms with Gasteiger partial charge in [0.05, 0.1) is 0 Å². The monoisotopic (exact) mass is 240 g/mol. The van der Waals surface area contributed by atoms with Crippen molar-refractivity contribution in [2.24, 2.45) is 5.41 Å². The number of benzene rings is 1. The number of hydrogen-bond acceptors (Lipinski definition) is 1. The zero-order valence-electron chi connectivity index (χ0n) is 11.4. The van der Waals surface area contributed by atoms with E-state index in [4.69, 9.17) is 0 Å². The van der Waals surface area contributed by atoms with Crippen molar-refractivity contribution in [3.63, 3.8) is 0 Å². The summed E-state index contributed by atoms with van der Waals surface area (Å²) in [4.78, 5) is 11.6. The van der Waals surface area contributed by atoms with Crippen LogP contribution in [0.4, 0.5) is 0 Å². The van der Waals surface area contributed by atoms with Crippen LogP contribution in [0.15, 0.2) is 42.0 Å². The minimum Gasteiger partial charge on any atom is -0.295 e. The first kappa shape index (κ1) is 12.8. The average molecular weight is 240 g/mol. The van der Waals surface area contributed by atoms with Crippen molar-refractivity contribution in [1.82, 2.24) is 0 Å². The van der Waals surface area contributed by atoms with Gasteiger partial charge in [0.15, 0.2) is 5.78 Å². The highest BCUT2D eigenvalue weighted by molar-refractivity contribution is 5.92. The summed E-state index contributed by atoms with van der Waals surface area (Å²) < 4.78 is 0. The SMILES string of the molecule is Cc1ccc(/C=C/C2=CC(=O)CC(C)(C)C2)cc1. The van der Waals surface area contributed by atoms with Crippen LogP contribution in [0.1, 0.15) is 37.8 Å². The summed E-state index contributed by atoms with van der Waals surface area (Å²) in [6, 6.07) is 8.40. The van der Waals surface area contributed by atoms with Gasteiger partial charge in [0, 0.05) is 6.42 Å². The fraction of sp³-hybridized carbons (Fsp3) is 0.353. The van der Waals surface area contributed by atoms with Crippen molar-refractivity contribution in [1.29, 1.82) is 0 Å². The molecular formula is C17H20O. The molecule has 18 heavy (non-hydrogen) atoms. The lowest BCUT2D eigenvalue weighted by Crippen LogP contribution is -2.21. The summed E-state index contributed by atoms with van der Waals surface area (Å²) in [5.74, 6) is 0.245. The highest BCUT2D eigenvalue weighted by Crippen LogP contribution is 2.34. The fourth-order valence-corrected chi connectivity index (χ4v) is 2.38. The van der Waals surface area contributed by atoms with Crippen LogP contribution in [0.3, 0.4) is 0 Å². The number of aryl methyl sites for hydroxylation is 1. The molecule has 0 heterocycles. The first-order chi connectivity index (χ1) is 8.44. The maximum Gasteiger partial charge on any atom is 0.156 e. The molecule has 1 aromatic rings. The zero-order chi connectivity index (χ0) is 13.2. The van der Waals surface area contributed by atoms with Crippen LogP contribution in [0.25, 0.3) is 6.08 Å². The Kier molecular flexibility index (Phi) is 3.51. The summed E-state index contributed by atoms with van der Waals surface area (Å²) in [5, 5.41) is 0. The van der Waals surface area contributed by atoms with Gasteiger partial charge in [-0.3, -0.25) is 4.79 Å². The van der Waals surface area contributed by atoms with Gasteiger partial charge in [0.2, 0.25) is 0 Å². The lowest BCUT2D eigenvalue weighted by molar-refractivity contribution is -0.116. The summed E-state index contributed by atoms with van der Waals surface area (Å²) in [5.41, 5.74) is 3.67. The number of carbonyl (C=O) groups excluding carboxylic acids is 1. The van der Waals surface area contributed by atoms with Gasteiger partial charge in [0.1, 0.15) is 0 Å². The van der Waals surface area contributed by atoms with E-state index >= 15 is 0 Å². The van der Waals surface area contributed by atoms with E-state index in [0.29, 0.717) is 6.42 Å². The van der Waals surface area contributed by atoms with Crippen LogP contribution in [0.2, 0.25) is 0 Å². The Balaban J connectivity index is 2.14. The van der Waals surface area contributed by atoms with Crippen LogP contribution in [-0.4, -0.2) is 5.78 Å². The standard InChI is InChI=1S/C17H20O/c1-13-4-6-14(7-5-13)8-9-15-10-16(18)12-17(2,3)11-15/h4-10H,11-12H2,1-3H3/b9-8+. The van der Waals surface area contributed by atoms with Gasteiger partial charge in [-0.05, 0) is 36.0 Å². The quantitative estimate of drug-likeness (QED) is 0.752. The van der Waals surface area contributed by atoms with Crippen molar-refractivity contribution in [3.05, 3.63) is 53.1 Å². The van der Waals surface area contributed by atoms with Crippen LogP contribution in [0.5, 0.6) is 0 Å². The number of ketones is 1. The van der Waals surface area contributed by atoms with Crippen LogP contribution >= 0.6 is 0 Å². The molecule has 1 heteroatoms. The van der Waals surface area contributed by atoms with E-state index in [-0.39, 0.29) is 11.2 Å². The first-order valence-corrected chi connectivity index (χ1v) is 6.43. The predicted octanol–water partition coefficient (Wildman–Crippen LogP) is 4.32. The van der Waals surface area contributed by atoms with E-state index < -0.39 is 0 Å². The van der Waals surface area contributed by atoms with Gasteiger partial charge in [-0.15, -0.1) is 0 Å². The third-order valence-electron chi connectivity index (χ3n) is 3.25. The maximum absolute atomic E-state index is 11.6. The number of rotatable bonds is 2. The smallest absolute Gasteiger partial charge is 0.156 e. The molecule has 1 aliphatic carbocycles. The van der Waals surface area contributed by atoms with Crippen LogP contribution < -0.4 is 0 Å². The molecule has 0 saturated heterocycles. The number of carbonyl (C=O) groups is 1. The second-order valence-electron chi connectivity index (χ2n) is 5.95. The summed E-state index contributed by atoms with van der Waals surface area (Å²) >= 11 is 0. The zero-order valence-corrected chi connectivity index (χ0v) is 11.4. The Bertz CT molecular complexity index is 501. The number of hydrogen-bond donors (Lipinski definition) is 0. The van der Waals surface area contributed by atoms with E-state index in [1.807, 2.05) is 0 Å². The summed E-state index contributed by atoms with van der Waals surface area (Å²) in [6.45, 7) is 6.38. The molecule has 2 rings (SSSR count). The van der Waals surface area contributed by atoms with Crippen molar-refractivity contribution < 1.29 is 4.79 Å². The molecule has 94 valence electrons. The van der Waals surface area contributed by atoms with E-state index in [0.717, 1.165) is 12.0 Å². The van der Waals surface area contributed by atoms with E-state index in [2.05, 4.69) is 57.2 Å². The molecule has 0 radical (unpaired) electrons. The highest BCUT2D eigenvalue weighted by Gasteiger charge is 2.26. The van der Waals surface area contributed by atoms with Crippen molar-refractivity contribution in [2.75, 3.05) is 0 Å². The Morgan fingerprint density at radius 2 is 1.72 bits per heavy atom. The van der Waals surface area contributed by atoms with Gasteiger partial charge >= 0.3 is 0 Å². The Morgan fingerprint density at radius 1 is 1.06 bits per heavy atom. The van der Waals surface area contributed by atoms with Gasteiger partial charge in [-0.25, -0.2) is 0 Å². The number of allylic oxidation sites excluding steroid dienone is 3.